The number of nitrogens with one attached hydrogen (secondary N) is 1. The summed E-state index contributed by atoms with van der Waals surface area (Å²) in [5, 5.41) is 2.85. The molecule has 1 atom stereocenters. The van der Waals surface area contributed by atoms with Gasteiger partial charge >= 0.3 is 0 Å². The van der Waals surface area contributed by atoms with E-state index >= 15 is 0 Å². The van der Waals surface area contributed by atoms with Crippen LogP contribution >= 0.6 is 0 Å². The lowest BCUT2D eigenvalue weighted by atomic mass is 9.94. The zero-order chi connectivity index (χ0) is 22.2. The number of halogens is 1. The van der Waals surface area contributed by atoms with Crippen molar-refractivity contribution in [1.29, 1.82) is 0 Å². The summed E-state index contributed by atoms with van der Waals surface area (Å²) in [5.74, 6) is -1.28. The number of amides is 3. The van der Waals surface area contributed by atoms with Crippen LogP contribution in [0.25, 0.3) is 0 Å². The Morgan fingerprint density at radius 2 is 1.87 bits per heavy atom. The van der Waals surface area contributed by atoms with Crippen LogP contribution in [0.2, 0.25) is 0 Å². The van der Waals surface area contributed by atoms with E-state index in [-0.39, 0.29) is 48.0 Å². The number of carbonyl (C=O) groups excluding carboxylic acids is 3. The standard InChI is InChI=1S/C22H26FN5O3/c1-3-28-20(30)18-17(19(29)26-10-4-5-11-26)25-14-27(18)13-22(28,2)21(31)24-12-15-6-8-16(23)9-7-15/h6-9,14H,3-5,10-13H2,1-2H3,(H,24,31). The van der Waals surface area contributed by atoms with Gasteiger partial charge in [0.05, 0.1) is 12.9 Å². The number of hydrogen-bond donors (Lipinski definition) is 1. The van der Waals surface area contributed by atoms with Crippen molar-refractivity contribution in [1.82, 2.24) is 24.7 Å². The van der Waals surface area contributed by atoms with E-state index in [0.717, 1.165) is 18.4 Å². The summed E-state index contributed by atoms with van der Waals surface area (Å²) < 4.78 is 14.7. The van der Waals surface area contributed by atoms with Crippen molar-refractivity contribution < 1.29 is 18.8 Å². The van der Waals surface area contributed by atoms with Gasteiger partial charge in [-0.3, -0.25) is 14.4 Å². The largest absolute Gasteiger partial charge is 0.350 e. The lowest BCUT2D eigenvalue weighted by molar-refractivity contribution is -0.132. The molecule has 1 aromatic heterocycles. The highest BCUT2D eigenvalue weighted by molar-refractivity contribution is 6.07. The van der Waals surface area contributed by atoms with Gasteiger partial charge in [-0.25, -0.2) is 9.37 Å². The second-order valence-corrected chi connectivity index (χ2v) is 8.20. The van der Waals surface area contributed by atoms with Gasteiger partial charge in [0.1, 0.15) is 17.1 Å². The minimum absolute atomic E-state index is 0.152. The summed E-state index contributed by atoms with van der Waals surface area (Å²) in [7, 11) is 0. The molecule has 1 N–H and O–H groups in total. The summed E-state index contributed by atoms with van der Waals surface area (Å²) in [4.78, 5) is 46.8. The van der Waals surface area contributed by atoms with E-state index in [1.165, 1.54) is 23.4 Å². The Morgan fingerprint density at radius 3 is 2.52 bits per heavy atom. The van der Waals surface area contributed by atoms with Gasteiger partial charge in [0.25, 0.3) is 11.8 Å². The maximum atomic E-state index is 13.4. The Balaban J connectivity index is 1.57. The average Bonchev–Trinajstić information content (AvgIpc) is 3.43. The number of aromatic nitrogens is 2. The van der Waals surface area contributed by atoms with E-state index in [4.69, 9.17) is 0 Å². The fraction of sp³-hybridized carbons (Fsp3) is 0.455. The first-order valence-corrected chi connectivity index (χ1v) is 10.5. The number of benzene rings is 1. The van der Waals surface area contributed by atoms with Crippen LogP contribution in [0, 0.1) is 5.82 Å². The molecule has 3 heterocycles. The summed E-state index contributed by atoms with van der Waals surface area (Å²) in [6, 6.07) is 5.88. The molecule has 8 nitrogen and oxygen atoms in total. The highest BCUT2D eigenvalue weighted by atomic mass is 19.1. The van der Waals surface area contributed by atoms with Gasteiger partial charge in [0.2, 0.25) is 5.91 Å². The molecule has 1 aromatic carbocycles. The number of fused-ring (bicyclic) bond motifs is 1. The smallest absolute Gasteiger partial charge is 0.274 e. The zero-order valence-electron chi connectivity index (χ0n) is 17.7. The van der Waals surface area contributed by atoms with Gasteiger partial charge in [-0.1, -0.05) is 12.1 Å². The van der Waals surface area contributed by atoms with Gasteiger partial charge in [-0.2, -0.15) is 0 Å². The second kappa shape index (κ2) is 8.13. The number of nitrogens with zero attached hydrogens (tertiary/aromatic N) is 4. The van der Waals surface area contributed by atoms with Crippen LogP contribution in [0.1, 0.15) is 53.2 Å². The van der Waals surface area contributed by atoms with Crippen LogP contribution in [0.5, 0.6) is 0 Å². The predicted molar refractivity (Wildman–Crippen MR) is 111 cm³/mol. The number of likely N-dealkylation sites (N-methyl/N-ethyl adjacent to an activating group) is 1. The third-order valence-corrected chi connectivity index (χ3v) is 6.13. The monoisotopic (exact) mass is 427 g/mol. The third-order valence-electron chi connectivity index (χ3n) is 6.13. The van der Waals surface area contributed by atoms with E-state index < -0.39 is 5.54 Å². The van der Waals surface area contributed by atoms with Crippen molar-refractivity contribution in [2.75, 3.05) is 19.6 Å². The topological polar surface area (TPSA) is 87.5 Å². The molecule has 0 bridgehead atoms. The molecule has 2 aliphatic rings. The van der Waals surface area contributed by atoms with Crippen molar-refractivity contribution in [3.05, 3.63) is 53.4 Å². The van der Waals surface area contributed by atoms with E-state index in [1.54, 1.807) is 35.4 Å². The molecule has 1 fully saturated rings. The van der Waals surface area contributed by atoms with Crippen molar-refractivity contribution in [3.63, 3.8) is 0 Å². The molecule has 0 aliphatic carbocycles. The molecular formula is C22H26FN5O3. The Hall–Kier alpha value is -3.23. The van der Waals surface area contributed by atoms with Crippen molar-refractivity contribution in [3.8, 4) is 0 Å². The van der Waals surface area contributed by atoms with Gasteiger partial charge in [-0.15, -0.1) is 0 Å². The minimum atomic E-state index is -1.15. The number of hydrogen-bond acceptors (Lipinski definition) is 4. The van der Waals surface area contributed by atoms with E-state index in [2.05, 4.69) is 10.3 Å². The average molecular weight is 427 g/mol. The van der Waals surface area contributed by atoms with Gasteiger partial charge in [0.15, 0.2) is 5.69 Å². The molecular weight excluding hydrogens is 401 g/mol. The number of imidazole rings is 1. The third kappa shape index (κ3) is 3.68. The molecule has 4 rings (SSSR count). The first kappa shape index (κ1) is 21.0. The number of likely N-dealkylation sites (tertiary alicyclic amines) is 1. The van der Waals surface area contributed by atoms with Crippen LogP contribution in [-0.4, -0.2) is 62.2 Å². The molecule has 1 unspecified atom stereocenters. The van der Waals surface area contributed by atoms with E-state index in [0.29, 0.717) is 19.6 Å². The van der Waals surface area contributed by atoms with Crippen LogP contribution in [0.3, 0.4) is 0 Å². The number of carbonyl (C=O) groups is 3. The summed E-state index contributed by atoms with van der Waals surface area (Å²) >= 11 is 0. The molecule has 31 heavy (non-hydrogen) atoms. The molecule has 2 aromatic rings. The molecule has 0 radical (unpaired) electrons. The number of rotatable bonds is 5. The van der Waals surface area contributed by atoms with Gasteiger partial charge < -0.3 is 19.7 Å². The fourth-order valence-electron chi connectivity index (χ4n) is 4.38. The molecule has 0 saturated carbocycles. The molecule has 3 amide bonds. The zero-order valence-corrected chi connectivity index (χ0v) is 17.7. The van der Waals surface area contributed by atoms with E-state index in [1.807, 2.05) is 0 Å². The van der Waals surface area contributed by atoms with Gasteiger partial charge in [-0.05, 0) is 44.4 Å². The molecule has 164 valence electrons. The summed E-state index contributed by atoms with van der Waals surface area (Å²) in [6.45, 7) is 5.56. The first-order chi connectivity index (χ1) is 14.8. The predicted octanol–water partition coefficient (Wildman–Crippen LogP) is 1.81. The summed E-state index contributed by atoms with van der Waals surface area (Å²) in [6.07, 6.45) is 3.36. The Bertz CT molecular complexity index is 1010. The highest BCUT2D eigenvalue weighted by Crippen LogP contribution is 2.29. The fourth-order valence-corrected chi connectivity index (χ4v) is 4.38. The maximum absolute atomic E-state index is 13.4. The first-order valence-electron chi connectivity index (χ1n) is 10.5. The quantitative estimate of drug-likeness (QED) is 0.788. The van der Waals surface area contributed by atoms with Crippen molar-refractivity contribution in [2.24, 2.45) is 0 Å². The van der Waals surface area contributed by atoms with Crippen LogP contribution < -0.4 is 5.32 Å². The molecule has 1 saturated heterocycles. The normalized spacial score (nSPS) is 20.7. The lowest BCUT2D eigenvalue weighted by Crippen LogP contribution is -2.63. The molecule has 2 aliphatic heterocycles. The summed E-state index contributed by atoms with van der Waals surface area (Å²) in [5.41, 5.74) is 0.0000865. The Kier molecular flexibility index (Phi) is 5.51. The molecule has 9 heteroatoms. The highest BCUT2D eigenvalue weighted by Gasteiger charge is 2.48. The van der Waals surface area contributed by atoms with Crippen molar-refractivity contribution in [2.45, 2.75) is 45.3 Å². The SMILES string of the molecule is CCN1C(=O)c2c(C(=O)N3CCCC3)ncn2CC1(C)C(=O)NCc1ccc(F)cc1. The van der Waals surface area contributed by atoms with Crippen LogP contribution in [-0.2, 0) is 17.9 Å². The maximum Gasteiger partial charge on any atom is 0.274 e. The Morgan fingerprint density at radius 1 is 1.19 bits per heavy atom. The van der Waals surface area contributed by atoms with Gasteiger partial charge in [0, 0.05) is 26.2 Å². The Labute approximate surface area is 180 Å². The van der Waals surface area contributed by atoms with Crippen molar-refractivity contribution >= 4 is 17.7 Å². The lowest BCUT2D eigenvalue weighted by Gasteiger charge is -2.43. The van der Waals surface area contributed by atoms with Crippen LogP contribution in [0.15, 0.2) is 30.6 Å². The van der Waals surface area contributed by atoms with Crippen LogP contribution in [0.4, 0.5) is 4.39 Å². The second-order valence-electron chi connectivity index (χ2n) is 8.20. The minimum Gasteiger partial charge on any atom is -0.350 e. The van der Waals surface area contributed by atoms with E-state index in [9.17, 15) is 18.8 Å². The molecule has 0 spiro atoms.